The van der Waals surface area contributed by atoms with Gasteiger partial charge in [0.25, 0.3) is 0 Å². The van der Waals surface area contributed by atoms with E-state index < -0.39 is 0 Å². The number of aromatic nitrogens is 1. The number of hydrogen-bond acceptors (Lipinski definition) is 2. The van der Waals surface area contributed by atoms with Crippen LogP contribution in [0.2, 0.25) is 10.0 Å². The highest BCUT2D eigenvalue weighted by atomic mass is 35.5. The van der Waals surface area contributed by atoms with Crippen molar-refractivity contribution in [2.24, 2.45) is 4.99 Å². The summed E-state index contributed by atoms with van der Waals surface area (Å²) in [4.78, 5) is 5.61. The summed E-state index contributed by atoms with van der Waals surface area (Å²) < 4.78 is 2.11. The molecule has 0 aliphatic carbocycles. The predicted octanol–water partition coefficient (Wildman–Crippen LogP) is 5.39. The number of rotatable bonds is 2. The number of nitrogens with zero attached hydrogens (tertiary/aromatic N) is 2. The van der Waals surface area contributed by atoms with E-state index in [2.05, 4.69) is 16.9 Å². The maximum absolute atomic E-state index is 5.95. The first-order chi connectivity index (χ1) is 10.1. The van der Waals surface area contributed by atoms with Gasteiger partial charge < -0.3 is 0 Å². The molecule has 0 radical (unpaired) electrons. The van der Waals surface area contributed by atoms with Crippen LogP contribution in [0, 0.1) is 6.92 Å². The molecule has 2 aromatic carbocycles. The molecule has 1 aromatic heterocycles. The summed E-state index contributed by atoms with van der Waals surface area (Å²) in [6.07, 6.45) is 0. The van der Waals surface area contributed by atoms with Crippen LogP contribution in [0.3, 0.4) is 0 Å². The van der Waals surface area contributed by atoms with Crippen molar-refractivity contribution < 1.29 is 0 Å². The van der Waals surface area contributed by atoms with Crippen LogP contribution in [-0.4, -0.2) is 4.57 Å². The van der Waals surface area contributed by atoms with Crippen molar-refractivity contribution in [2.45, 2.75) is 6.92 Å². The average molecular weight is 335 g/mol. The van der Waals surface area contributed by atoms with Gasteiger partial charge >= 0.3 is 0 Å². The van der Waals surface area contributed by atoms with Gasteiger partial charge in [0.2, 0.25) is 0 Å². The van der Waals surface area contributed by atoms with Crippen LogP contribution >= 0.6 is 34.5 Å². The molecule has 106 valence electrons. The lowest BCUT2D eigenvalue weighted by molar-refractivity contribution is 0.954. The van der Waals surface area contributed by atoms with E-state index in [1.807, 2.05) is 48.5 Å². The molecule has 3 aromatic rings. The van der Waals surface area contributed by atoms with E-state index in [1.165, 1.54) is 0 Å². The van der Waals surface area contributed by atoms with Gasteiger partial charge in [0.05, 0.1) is 5.69 Å². The van der Waals surface area contributed by atoms with Gasteiger partial charge in [-0.2, -0.15) is 0 Å². The maximum atomic E-state index is 5.95. The molecule has 0 saturated carbocycles. The fourth-order valence-electron chi connectivity index (χ4n) is 2.00. The van der Waals surface area contributed by atoms with Crippen molar-refractivity contribution in [2.75, 3.05) is 0 Å². The van der Waals surface area contributed by atoms with E-state index in [1.54, 1.807) is 11.3 Å². The van der Waals surface area contributed by atoms with E-state index in [-0.39, 0.29) is 0 Å². The molecule has 1 heterocycles. The summed E-state index contributed by atoms with van der Waals surface area (Å²) >= 11 is 13.5. The fraction of sp³-hybridized carbons (Fsp3) is 0.0625. The zero-order chi connectivity index (χ0) is 14.8. The molecule has 0 fully saturated rings. The van der Waals surface area contributed by atoms with E-state index in [0.717, 1.165) is 26.9 Å². The van der Waals surface area contributed by atoms with Gasteiger partial charge in [-0.1, -0.05) is 23.2 Å². The number of hydrogen-bond donors (Lipinski definition) is 0. The molecule has 0 N–H and O–H groups in total. The van der Waals surface area contributed by atoms with Gasteiger partial charge in [-0.05, 0) is 55.5 Å². The van der Waals surface area contributed by atoms with Gasteiger partial charge in [0.15, 0.2) is 4.80 Å². The minimum Gasteiger partial charge on any atom is -0.290 e. The minimum atomic E-state index is 0.710. The minimum absolute atomic E-state index is 0.710. The highest BCUT2D eigenvalue weighted by molar-refractivity contribution is 7.07. The van der Waals surface area contributed by atoms with Crippen LogP contribution in [0.1, 0.15) is 5.69 Å². The van der Waals surface area contributed by atoms with Crippen molar-refractivity contribution in [3.05, 3.63) is 74.5 Å². The normalized spacial score (nSPS) is 11.9. The number of halogens is 2. The lowest BCUT2D eigenvalue weighted by Gasteiger charge is -2.06. The van der Waals surface area contributed by atoms with Gasteiger partial charge in [-0.3, -0.25) is 4.57 Å². The largest absolute Gasteiger partial charge is 0.290 e. The van der Waals surface area contributed by atoms with Crippen LogP contribution in [0.25, 0.3) is 5.69 Å². The van der Waals surface area contributed by atoms with E-state index in [9.17, 15) is 0 Å². The molecular formula is C16H12Cl2N2S. The number of thiazole rings is 1. The van der Waals surface area contributed by atoms with Gasteiger partial charge in [-0.25, -0.2) is 4.99 Å². The summed E-state index contributed by atoms with van der Waals surface area (Å²) in [5, 5.41) is 3.52. The fourth-order valence-corrected chi connectivity index (χ4v) is 3.15. The Hall–Kier alpha value is -1.55. The molecule has 0 unspecified atom stereocenters. The molecule has 21 heavy (non-hydrogen) atoms. The molecule has 0 aliphatic heterocycles. The lowest BCUT2D eigenvalue weighted by Crippen LogP contribution is -2.13. The first-order valence-electron chi connectivity index (χ1n) is 6.37. The van der Waals surface area contributed by atoms with Crippen LogP contribution < -0.4 is 4.80 Å². The standard InChI is InChI=1S/C16H12Cl2N2S/c1-11-10-21-16(19-14-6-2-12(17)3-7-14)20(11)15-8-4-13(18)5-9-15/h2-10H,1H3. The third-order valence-electron chi connectivity index (χ3n) is 3.02. The highest BCUT2D eigenvalue weighted by Crippen LogP contribution is 2.18. The molecule has 0 aliphatic rings. The molecule has 5 heteroatoms. The van der Waals surface area contributed by atoms with Crippen molar-refractivity contribution in [3.63, 3.8) is 0 Å². The molecule has 2 nitrogen and oxygen atoms in total. The summed E-state index contributed by atoms with van der Waals surface area (Å²) in [7, 11) is 0. The Labute approximate surface area is 136 Å². The molecule has 0 spiro atoms. The Kier molecular flexibility index (Phi) is 4.15. The van der Waals surface area contributed by atoms with Crippen molar-refractivity contribution in [1.29, 1.82) is 0 Å². The Morgan fingerprint density at radius 2 is 1.48 bits per heavy atom. The summed E-state index contributed by atoms with van der Waals surface area (Å²) in [6.45, 7) is 2.06. The SMILES string of the molecule is Cc1csc(=Nc2ccc(Cl)cc2)n1-c1ccc(Cl)cc1. The van der Waals surface area contributed by atoms with Gasteiger partial charge in [0, 0.05) is 26.8 Å². The molecular weight excluding hydrogens is 323 g/mol. The third kappa shape index (κ3) is 3.21. The summed E-state index contributed by atoms with van der Waals surface area (Å²) in [6, 6.07) is 15.2. The van der Waals surface area contributed by atoms with E-state index in [0.29, 0.717) is 5.02 Å². The van der Waals surface area contributed by atoms with Crippen LogP contribution in [0.4, 0.5) is 5.69 Å². The van der Waals surface area contributed by atoms with Crippen LogP contribution in [0.5, 0.6) is 0 Å². The molecule has 0 amide bonds. The molecule has 0 saturated heterocycles. The molecule has 0 atom stereocenters. The lowest BCUT2D eigenvalue weighted by atomic mass is 10.3. The van der Waals surface area contributed by atoms with Crippen LogP contribution in [0.15, 0.2) is 58.9 Å². The second-order valence-corrected chi connectivity index (χ2v) is 6.27. The zero-order valence-corrected chi connectivity index (χ0v) is 13.6. The Morgan fingerprint density at radius 1 is 0.905 bits per heavy atom. The highest BCUT2D eigenvalue weighted by Gasteiger charge is 2.04. The summed E-state index contributed by atoms with van der Waals surface area (Å²) in [5.74, 6) is 0. The molecule has 3 rings (SSSR count). The number of aryl methyl sites for hydroxylation is 1. The third-order valence-corrected chi connectivity index (χ3v) is 4.46. The predicted molar refractivity (Wildman–Crippen MR) is 90.1 cm³/mol. The second-order valence-electron chi connectivity index (χ2n) is 4.56. The Morgan fingerprint density at radius 3 is 2.10 bits per heavy atom. The first-order valence-corrected chi connectivity index (χ1v) is 8.00. The second kappa shape index (κ2) is 6.06. The Bertz CT molecular complexity index is 815. The monoisotopic (exact) mass is 334 g/mol. The average Bonchev–Trinajstić information content (AvgIpc) is 2.83. The quantitative estimate of drug-likeness (QED) is 0.598. The molecule has 0 bridgehead atoms. The maximum Gasteiger partial charge on any atom is 0.194 e. The van der Waals surface area contributed by atoms with E-state index >= 15 is 0 Å². The topological polar surface area (TPSA) is 17.3 Å². The van der Waals surface area contributed by atoms with Gasteiger partial charge in [0.1, 0.15) is 0 Å². The smallest absolute Gasteiger partial charge is 0.194 e. The first kappa shape index (κ1) is 14.4. The Balaban J connectivity index is 2.12. The van der Waals surface area contributed by atoms with Crippen molar-refractivity contribution in [1.82, 2.24) is 4.57 Å². The van der Waals surface area contributed by atoms with Crippen molar-refractivity contribution >= 4 is 40.2 Å². The van der Waals surface area contributed by atoms with E-state index in [4.69, 9.17) is 28.2 Å². The van der Waals surface area contributed by atoms with Crippen LogP contribution in [-0.2, 0) is 0 Å². The zero-order valence-electron chi connectivity index (χ0n) is 11.3. The van der Waals surface area contributed by atoms with Crippen molar-refractivity contribution in [3.8, 4) is 5.69 Å². The summed E-state index contributed by atoms with van der Waals surface area (Å²) in [5.41, 5.74) is 3.06. The number of benzene rings is 2. The van der Waals surface area contributed by atoms with Gasteiger partial charge in [-0.15, -0.1) is 11.3 Å².